The van der Waals surface area contributed by atoms with E-state index in [9.17, 15) is 9.59 Å². The zero-order valence-electron chi connectivity index (χ0n) is 21.7. The molecule has 0 spiro atoms. The van der Waals surface area contributed by atoms with Gasteiger partial charge in [0.15, 0.2) is 0 Å². The van der Waals surface area contributed by atoms with Crippen molar-refractivity contribution in [1.29, 1.82) is 0 Å². The number of carbonyl (C=O) groups is 1. The maximum absolute atomic E-state index is 13.3. The van der Waals surface area contributed by atoms with Crippen LogP contribution in [0, 0.1) is 0 Å². The van der Waals surface area contributed by atoms with Crippen molar-refractivity contribution in [1.82, 2.24) is 24.2 Å². The number of anilines is 1. The number of unbranched alkanes of at least 4 members (excludes halogenated alkanes) is 2. The highest BCUT2D eigenvalue weighted by molar-refractivity contribution is 6.30. The summed E-state index contributed by atoms with van der Waals surface area (Å²) in [4.78, 5) is 36.0. The Morgan fingerprint density at radius 2 is 1.86 bits per heavy atom. The third-order valence-electron chi connectivity index (χ3n) is 7.60. The molecular weight excluding hydrogens is 488 g/mol. The number of amides is 1. The smallest absolute Gasteiger partial charge is 0.261 e. The number of nitrogens with one attached hydrogen (secondary N) is 1. The predicted octanol–water partition coefficient (Wildman–Crippen LogP) is 4.19. The zero-order valence-corrected chi connectivity index (χ0v) is 22.4. The summed E-state index contributed by atoms with van der Waals surface area (Å²) in [5.74, 6) is 1.46. The third-order valence-corrected chi connectivity index (χ3v) is 7.85. The van der Waals surface area contributed by atoms with E-state index in [-0.39, 0.29) is 17.5 Å². The number of nitrogens with zero attached hydrogens (tertiary/aromatic N) is 5. The summed E-state index contributed by atoms with van der Waals surface area (Å²) < 4.78 is 3.76. The second-order valence-corrected chi connectivity index (χ2v) is 10.6. The molecule has 8 nitrogen and oxygen atoms in total. The Hall–Kier alpha value is -2.84. The van der Waals surface area contributed by atoms with E-state index in [0.717, 1.165) is 81.9 Å². The Bertz CT molecular complexity index is 1280. The molecule has 2 aliphatic rings. The summed E-state index contributed by atoms with van der Waals surface area (Å²) in [6.07, 6.45) is 9.16. The number of carbonyl (C=O) groups excluding carboxylic acids is 1. The molecule has 2 fully saturated rings. The van der Waals surface area contributed by atoms with Gasteiger partial charge in [0.1, 0.15) is 11.9 Å². The van der Waals surface area contributed by atoms with Crippen LogP contribution in [0.3, 0.4) is 0 Å². The van der Waals surface area contributed by atoms with Gasteiger partial charge in [-0.3, -0.25) is 18.6 Å². The van der Waals surface area contributed by atoms with Gasteiger partial charge in [-0.2, -0.15) is 0 Å². The molecule has 3 aromatic rings. The Labute approximate surface area is 223 Å². The fourth-order valence-electron chi connectivity index (χ4n) is 5.59. The first-order chi connectivity index (χ1) is 18.0. The first kappa shape index (κ1) is 25.8. The van der Waals surface area contributed by atoms with Gasteiger partial charge in [-0.25, -0.2) is 4.98 Å². The number of imidazole rings is 1. The van der Waals surface area contributed by atoms with Gasteiger partial charge >= 0.3 is 0 Å². The number of benzene rings is 1. The summed E-state index contributed by atoms with van der Waals surface area (Å²) >= 11 is 6.08. The number of fused-ring (bicyclic) bond motifs is 1. The van der Waals surface area contributed by atoms with Crippen LogP contribution in [0.25, 0.3) is 17.0 Å². The van der Waals surface area contributed by atoms with E-state index in [1.165, 1.54) is 12.8 Å². The van der Waals surface area contributed by atoms with E-state index in [1.54, 1.807) is 16.7 Å². The van der Waals surface area contributed by atoms with Crippen molar-refractivity contribution in [2.45, 2.75) is 64.5 Å². The number of aromatic nitrogens is 3. The maximum atomic E-state index is 13.3. The lowest BCUT2D eigenvalue weighted by Gasteiger charge is -2.29. The molecule has 0 bridgehead atoms. The molecule has 0 aliphatic carbocycles. The lowest BCUT2D eigenvalue weighted by atomic mass is 10.2. The van der Waals surface area contributed by atoms with Crippen molar-refractivity contribution in [2.24, 2.45) is 0 Å². The molecule has 5 rings (SSSR count). The number of rotatable bonds is 10. The van der Waals surface area contributed by atoms with Crippen LogP contribution in [-0.2, 0) is 11.3 Å². The van der Waals surface area contributed by atoms with Gasteiger partial charge in [0.05, 0.1) is 5.69 Å². The fraction of sp³-hybridized carbons (Fsp3) is 0.536. The maximum Gasteiger partial charge on any atom is 0.261 e. The van der Waals surface area contributed by atoms with Gasteiger partial charge in [-0.05, 0) is 57.3 Å². The zero-order chi connectivity index (χ0) is 25.8. The Kier molecular flexibility index (Phi) is 8.15. The molecule has 198 valence electrons. The quantitative estimate of drug-likeness (QED) is 0.403. The van der Waals surface area contributed by atoms with Gasteiger partial charge in [0, 0.05) is 49.0 Å². The first-order valence-electron chi connectivity index (χ1n) is 13.7. The third kappa shape index (κ3) is 5.70. The molecule has 1 amide bonds. The summed E-state index contributed by atoms with van der Waals surface area (Å²) in [5.41, 5.74) is 1.50. The van der Waals surface area contributed by atoms with Crippen LogP contribution in [0.5, 0.6) is 0 Å². The highest BCUT2D eigenvalue weighted by Gasteiger charge is 2.33. The van der Waals surface area contributed by atoms with Crippen LogP contribution in [0.1, 0.15) is 51.9 Å². The Morgan fingerprint density at radius 3 is 2.62 bits per heavy atom. The number of hydrogen-bond acceptors (Lipinski definition) is 5. The van der Waals surface area contributed by atoms with Crippen molar-refractivity contribution in [3.05, 3.63) is 51.9 Å². The molecule has 1 aromatic carbocycles. The largest absolute Gasteiger partial charge is 0.353 e. The van der Waals surface area contributed by atoms with E-state index < -0.39 is 0 Å². The minimum absolute atomic E-state index is 0.0503. The van der Waals surface area contributed by atoms with Crippen LogP contribution in [-0.4, -0.2) is 63.5 Å². The topological polar surface area (TPSA) is 74.9 Å². The van der Waals surface area contributed by atoms with E-state index in [2.05, 4.69) is 26.6 Å². The number of halogens is 1. The lowest BCUT2D eigenvalue weighted by molar-refractivity contribution is -0.122. The SMILES string of the molecule is CCCCCn1c(N2CCC[C@H]2C(=O)NCCN2CCCC2)cc(=O)n2cc(-c3ccc(Cl)cc3)nc12. The van der Waals surface area contributed by atoms with E-state index in [0.29, 0.717) is 17.3 Å². The molecule has 1 atom stereocenters. The van der Waals surface area contributed by atoms with E-state index in [4.69, 9.17) is 16.6 Å². The molecule has 2 aromatic heterocycles. The molecule has 0 radical (unpaired) electrons. The monoisotopic (exact) mass is 524 g/mol. The van der Waals surface area contributed by atoms with Crippen molar-refractivity contribution >= 4 is 29.1 Å². The first-order valence-corrected chi connectivity index (χ1v) is 14.1. The summed E-state index contributed by atoms with van der Waals surface area (Å²) in [5, 5.41) is 3.82. The molecule has 4 heterocycles. The second kappa shape index (κ2) is 11.7. The highest BCUT2D eigenvalue weighted by atomic mass is 35.5. The van der Waals surface area contributed by atoms with Crippen molar-refractivity contribution < 1.29 is 4.79 Å². The van der Waals surface area contributed by atoms with Crippen LogP contribution in [0.4, 0.5) is 5.82 Å². The number of hydrogen-bond donors (Lipinski definition) is 1. The predicted molar refractivity (Wildman–Crippen MR) is 148 cm³/mol. The molecule has 0 unspecified atom stereocenters. The van der Waals surface area contributed by atoms with Gasteiger partial charge in [-0.15, -0.1) is 0 Å². The van der Waals surface area contributed by atoms with E-state index in [1.807, 2.05) is 24.3 Å². The molecule has 0 saturated carbocycles. The van der Waals surface area contributed by atoms with Crippen LogP contribution in [0.2, 0.25) is 5.02 Å². The molecule has 2 saturated heterocycles. The standard InChI is InChI=1S/C28H37ClN6O2/c1-2-3-4-16-34-25(33-17-7-8-24(33)27(37)30-13-18-32-14-5-6-15-32)19-26(36)35-20-23(31-28(34)35)21-9-11-22(29)12-10-21/h9-12,19-20,24H,2-8,13-18H2,1H3,(H,30,37)/t24-/m0/s1. The number of aryl methyl sites for hydroxylation is 1. The normalized spacial score (nSPS) is 18.2. The minimum atomic E-state index is -0.274. The second-order valence-electron chi connectivity index (χ2n) is 10.2. The molecule has 9 heteroatoms. The van der Waals surface area contributed by atoms with Crippen LogP contribution in [0.15, 0.2) is 41.3 Å². The van der Waals surface area contributed by atoms with E-state index >= 15 is 0 Å². The average molecular weight is 525 g/mol. The van der Waals surface area contributed by atoms with Crippen LogP contribution < -0.4 is 15.8 Å². The molecule has 37 heavy (non-hydrogen) atoms. The highest BCUT2D eigenvalue weighted by Crippen LogP contribution is 2.28. The van der Waals surface area contributed by atoms with Gasteiger partial charge in [-0.1, -0.05) is 43.5 Å². The molecular formula is C28H37ClN6O2. The minimum Gasteiger partial charge on any atom is -0.353 e. The Morgan fingerprint density at radius 1 is 1.08 bits per heavy atom. The fourth-order valence-corrected chi connectivity index (χ4v) is 5.72. The summed E-state index contributed by atoms with van der Waals surface area (Å²) in [6, 6.07) is 8.90. The van der Waals surface area contributed by atoms with Crippen molar-refractivity contribution in [3.63, 3.8) is 0 Å². The molecule has 1 N–H and O–H groups in total. The molecule has 2 aliphatic heterocycles. The van der Waals surface area contributed by atoms with Crippen molar-refractivity contribution in [2.75, 3.05) is 37.6 Å². The average Bonchev–Trinajstić information content (AvgIpc) is 3.67. The number of likely N-dealkylation sites (tertiary alicyclic amines) is 1. The van der Waals surface area contributed by atoms with Crippen molar-refractivity contribution in [3.8, 4) is 11.3 Å². The summed E-state index contributed by atoms with van der Waals surface area (Å²) in [7, 11) is 0. The van der Waals surface area contributed by atoms with Crippen LogP contribution >= 0.6 is 11.6 Å². The van der Waals surface area contributed by atoms with Gasteiger partial charge < -0.3 is 15.1 Å². The lowest BCUT2D eigenvalue weighted by Crippen LogP contribution is -2.46. The van der Waals surface area contributed by atoms with Gasteiger partial charge in [0.2, 0.25) is 11.7 Å². The summed E-state index contributed by atoms with van der Waals surface area (Å²) in [6.45, 7) is 7.47. The Balaban J connectivity index is 1.45. The van der Waals surface area contributed by atoms with Gasteiger partial charge in [0.25, 0.3) is 5.56 Å².